The number of nitrogens with zero attached hydrogens (tertiary/aromatic N) is 1. The smallest absolute Gasteiger partial charge is 0.180 e. The lowest BCUT2D eigenvalue weighted by Gasteiger charge is -2.00. The van der Waals surface area contributed by atoms with Crippen LogP contribution in [-0.4, -0.2) is 4.98 Å². The third-order valence-corrected chi connectivity index (χ3v) is 3.36. The van der Waals surface area contributed by atoms with Gasteiger partial charge in [-0.3, -0.25) is 0 Å². The zero-order chi connectivity index (χ0) is 11.4. The molecule has 2 nitrogen and oxygen atoms in total. The van der Waals surface area contributed by atoms with E-state index in [4.69, 9.17) is 17.3 Å². The number of aromatic nitrogens is 1. The van der Waals surface area contributed by atoms with Crippen molar-refractivity contribution in [2.75, 3.05) is 5.73 Å². The molecule has 0 amide bonds. The van der Waals surface area contributed by atoms with Crippen molar-refractivity contribution in [1.29, 1.82) is 0 Å². The van der Waals surface area contributed by atoms with Gasteiger partial charge in [0.25, 0.3) is 0 Å². The lowest BCUT2D eigenvalue weighted by Crippen LogP contribution is -1.91. The van der Waals surface area contributed by atoms with E-state index in [0.717, 1.165) is 30.0 Å². The summed E-state index contributed by atoms with van der Waals surface area (Å²) in [7, 11) is 0. The van der Waals surface area contributed by atoms with Crippen molar-refractivity contribution >= 4 is 28.1 Å². The fraction of sp³-hybridized carbons (Fsp3) is 0.250. The topological polar surface area (TPSA) is 38.9 Å². The van der Waals surface area contributed by atoms with Gasteiger partial charge in [-0.25, -0.2) is 4.98 Å². The lowest BCUT2D eigenvalue weighted by molar-refractivity contribution is 0.805. The third kappa shape index (κ3) is 3.22. The number of halogens is 1. The Kier molecular flexibility index (Phi) is 3.80. The Bertz CT molecular complexity index is 450. The van der Waals surface area contributed by atoms with Crippen LogP contribution in [0.1, 0.15) is 17.7 Å². The molecule has 4 heteroatoms. The van der Waals surface area contributed by atoms with Crippen molar-refractivity contribution < 1.29 is 0 Å². The van der Waals surface area contributed by atoms with Crippen LogP contribution in [0.25, 0.3) is 0 Å². The van der Waals surface area contributed by atoms with Crippen molar-refractivity contribution in [1.82, 2.24) is 4.98 Å². The van der Waals surface area contributed by atoms with E-state index in [1.54, 1.807) is 0 Å². The normalized spacial score (nSPS) is 10.6. The Morgan fingerprint density at radius 1 is 1.19 bits per heavy atom. The fourth-order valence-corrected chi connectivity index (χ4v) is 2.29. The number of nitrogens with two attached hydrogens (primary N) is 1. The molecule has 0 radical (unpaired) electrons. The quantitative estimate of drug-likeness (QED) is 0.904. The molecule has 0 aliphatic rings. The summed E-state index contributed by atoms with van der Waals surface area (Å²) in [4.78, 5) is 4.23. The summed E-state index contributed by atoms with van der Waals surface area (Å²) in [6, 6.07) is 7.99. The molecule has 1 aromatic carbocycles. The number of hydrogen-bond donors (Lipinski definition) is 1. The molecule has 1 aromatic heterocycles. The third-order valence-electron chi connectivity index (χ3n) is 2.38. The minimum atomic E-state index is 0.654. The van der Waals surface area contributed by atoms with E-state index in [9.17, 15) is 0 Å². The van der Waals surface area contributed by atoms with Crippen molar-refractivity contribution in [2.24, 2.45) is 0 Å². The molecule has 0 spiro atoms. The van der Waals surface area contributed by atoms with Gasteiger partial charge in [-0.2, -0.15) is 0 Å². The van der Waals surface area contributed by atoms with E-state index in [1.165, 1.54) is 16.9 Å². The molecule has 2 aromatic rings. The summed E-state index contributed by atoms with van der Waals surface area (Å²) in [5, 5.41) is 3.47. The van der Waals surface area contributed by atoms with Crippen molar-refractivity contribution in [2.45, 2.75) is 19.3 Å². The van der Waals surface area contributed by atoms with Crippen LogP contribution >= 0.6 is 22.9 Å². The number of aryl methyl sites for hydroxylation is 2. The Hall–Kier alpha value is -1.06. The van der Waals surface area contributed by atoms with Gasteiger partial charge in [-0.05, 0) is 37.0 Å². The van der Waals surface area contributed by atoms with E-state index in [2.05, 4.69) is 17.1 Å². The lowest BCUT2D eigenvalue weighted by atomic mass is 10.1. The van der Waals surface area contributed by atoms with Crippen LogP contribution in [0.15, 0.2) is 29.6 Å². The monoisotopic (exact) mass is 252 g/mol. The average Bonchev–Trinajstić information content (AvgIpc) is 2.67. The highest BCUT2D eigenvalue weighted by atomic mass is 35.5. The number of hydrogen-bond acceptors (Lipinski definition) is 3. The minimum Gasteiger partial charge on any atom is -0.375 e. The van der Waals surface area contributed by atoms with E-state index < -0.39 is 0 Å². The molecule has 84 valence electrons. The van der Waals surface area contributed by atoms with Gasteiger partial charge >= 0.3 is 0 Å². The van der Waals surface area contributed by atoms with E-state index in [1.807, 2.05) is 17.5 Å². The van der Waals surface area contributed by atoms with Gasteiger partial charge in [-0.15, -0.1) is 11.3 Å². The van der Waals surface area contributed by atoms with E-state index in [0.29, 0.717) is 5.13 Å². The van der Waals surface area contributed by atoms with Crippen molar-refractivity contribution in [3.8, 4) is 0 Å². The van der Waals surface area contributed by atoms with Gasteiger partial charge in [0.15, 0.2) is 5.13 Å². The van der Waals surface area contributed by atoms with Gasteiger partial charge < -0.3 is 5.73 Å². The van der Waals surface area contributed by atoms with Crippen LogP contribution in [0, 0.1) is 0 Å². The molecule has 0 bridgehead atoms. The molecule has 0 saturated carbocycles. The first-order chi connectivity index (χ1) is 7.74. The molecule has 2 N–H and O–H groups in total. The van der Waals surface area contributed by atoms with Crippen LogP contribution in [0.3, 0.4) is 0 Å². The van der Waals surface area contributed by atoms with Crippen LogP contribution in [-0.2, 0) is 12.8 Å². The number of nitrogen functional groups attached to an aromatic ring is 1. The molecule has 0 aliphatic heterocycles. The average molecular weight is 253 g/mol. The standard InChI is InChI=1S/C12H13ClN2S/c13-10-6-4-9(5-7-10)2-1-3-11-8-16-12(14)15-11/h4-8H,1-3H2,(H2,14,15). The Labute approximate surface area is 104 Å². The Morgan fingerprint density at radius 2 is 1.94 bits per heavy atom. The highest BCUT2D eigenvalue weighted by molar-refractivity contribution is 7.13. The summed E-state index contributed by atoms with van der Waals surface area (Å²) >= 11 is 7.32. The van der Waals surface area contributed by atoms with Gasteiger partial charge in [-0.1, -0.05) is 23.7 Å². The summed E-state index contributed by atoms with van der Waals surface area (Å²) in [6.45, 7) is 0. The van der Waals surface area contributed by atoms with Gasteiger partial charge in [0.05, 0.1) is 5.69 Å². The van der Waals surface area contributed by atoms with Crippen LogP contribution in [0.2, 0.25) is 5.02 Å². The molecule has 0 unspecified atom stereocenters. The molecule has 0 aliphatic carbocycles. The minimum absolute atomic E-state index is 0.654. The summed E-state index contributed by atoms with van der Waals surface area (Å²) < 4.78 is 0. The molecule has 0 atom stereocenters. The van der Waals surface area contributed by atoms with Crippen LogP contribution in [0.4, 0.5) is 5.13 Å². The SMILES string of the molecule is Nc1nc(CCCc2ccc(Cl)cc2)cs1. The van der Waals surface area contributed by atoms with Crippen molar-refractivity contribution in [3.05, 3.63) is 45.9 Å². The first-order valence-corrected chi connectivity index (χ1v) is 6.44. The van der Waals surface area contributed by atoms with Crippen LogP contribution < -0.4 is 5.73 Å². The Morgan fingerprint density at radius 3 is 2.56 bits per heavy atom. The summed E-state index contributed by atoms with van der Waals surface area (Å²) in [5.74, 6) is 0. The van der Waals surface area contributed by atoms with E-state index >= 15 is 0 Å². The zero-order valence-electron chi connectivity index (χ0n) is 8.82. The molecule has 2 rings (SSSR count). The van der Waals surface area contributed by atoms with Crippen molar-refractivity contribution in [3.63, 3.8) is 0 Å². The summed E-state index contributed by atoms with van der Waals surface area (Å²) in [6.07, 6.45) is 3.12. The Balaban J connectivity index is 1.82. The first kappa shape index (κ1) is 11.4. The molecule has 16 heavy (non-hydrogen) atoms. The predicted octanol–water partition coefficient (Wildman–Crippen LogP) is 3.55. The van der Waals surface area contributed by atoms with Gasteiger partial charge in [0, 0.05) is 10.4 Å². The number of benzene rings is 1. The highest BCUT2D eigenvalue weighted by Crippen LogP contribution is 2.15. The van der Waals surface area contributed by atoms with Gasteiger partial charge in [0.1, 0.15) is 0 Å². The molecular weight excluding hydrogens is 240 g/mol. The predicted molar refractivity (Wildman–Crippen MR) is 70.0 cm³/mol. The highest BCUT2D eigenvalue weighted by Gasteiger charge is 1.99. The summed E-state index contributed by atoms with van der Waals surface area (Å²) in [5.41, 5.74) is 7.98. The first-order valence-electron chi connectivity index (χ1n) is 5.18. The maximum Gasteiger partial charge on any atom is 0.180 e. The maximum absolute atomic E-state index is 5.82. The van der Waals surface area contributed by atoms with E-state index in [-0.39, 0.29) is 0 Å². The zero-order valence-corrected chi connectivity index (χ0v) is 10.4. The molecular formula is C12H13ClN2S. The fourth-order valence-electron chi connectivity index (χ4n) is 1.56. The second-order valence-corrected chi connectivity index (χ2v) is 4.98. The number of rotatable bonds is 4. The second kappa shape index (κ2) is 5.32. The van der Waals surface area contributed by atoms with Gasteiger partial charge in [0.2, 0.25) is 0 Å². The number of anilines is 1. The maximum atomic E-state index is 5.82. The molecule has 0 fully saturated rings. The largest absolute Gasteiger partial charge is 0.375 e. The second-order valence-electron chi connectivity index (χ2n) is 3.66. The van der Waals surface area contributed by atoms with Crippen LogP contribution in [0.5, 0.6) is 0 Å². The molecule has 1 heterocycles. The number of thiazole rings is 1. The molecule has 0 saturated heterocycles.